The van der Waals surface area contributed by atoms with Gasteiger partial charge in [-0.25, -0.2) is 4.79 Å². The molecular formula is C18H25N3O3. The molecule has 1 aromatic rings. The van der Waals surface area contributed by atoms with Gasteiger partial charge < -0.3 is 15.0 Å². The predicted molar refractivity (Wildman–Crippen MR) is 90.4 cm³/mol. The van der Waals surface area contributed by atoms with Crippen LogP contribution in [0.3, 0.4) is 0 Å². The lowest BCUT2D eigenvalue weighted by Crippen LogP contribution is -2.53. The van der Waals surface area contributed by atoms with Gasteiger partial charge in [0.05, 0.1) is 0 Å². The molecule has 6 heteroatoms. The summed E-state index contributed by atoms with van der Waals surface area (Å²) >= 11 is 0. The summed E-state index contributed by atoms with van der Waals surface area (Å²) in [4.78, 5) is 27.9. The maximum Gasteiger partial charge on any atom is 0.410 e. The summed E-state index contributed by atoms with van der Waals surface area (Å²) in [6.45, 7) is 4.39. The SMILES string of the molecule is O=C1CN(C(=O)OCc2ccccc2)CCN1CC1CCNCC1. The Hall–Kier alpha value is -2.08. The molecular weight excluding hydrogens is 306 g/mol. The van der Waals surface area contributed by atoms with E-state index in [1.54, 1.807) is 0 Å². The van der Waals surface area contributed by atoms with Crippen molar-refractivity contribution >= 4 is 12.0 Å². The molecule has 2 saturated heterocycles. The monoisotopic (exact) mass is 331 g/mol. The Morgan fingerprint density at radius 1 is 1.17 bits per heavy atom. The molecule has 1 aromatic carbocycles. The number of nitrogens with zero attached hydrogens (tertiary/aromatic N) is 2. The lowest BCUT2D eigenvalue weighted by atomic mass is 9.97. The van der Waals surface area contributed by atoms with Crippen molar-refractivity contribution in [2.45, 2.75) is 19.4 Å². The summed E-state index contributed by atoms with van der Waals surface area (Å²) < 4.78 is 5.31. The van der Waals surface area contributed by atoms with E-state index in [-0.39, 0.29) is 19.1 Å². The van der Waals surface area contributed by atoms with Crippen LogP contribution in [0, 0.1) is 5.92 Å². The number of rotatable bonds is 4. The Balaban J connectivity index is 1.44. The first-order valence-electron chi connectivity index (χ1n) is 8.66. The molecule has 3 rings (SSSR count). The first kappa shape index (κ1) is 16.8. The smallest absolute Gasteiger partial charge is 0.410 e. The highest BCUT2D eigenvalue weighted by Gasteiger charge is 2.29. The molecule has 0 bridgehead atoms. The molecule has 1 N–H and O–H groups in total. The van der Waals surface area contributed by atoms with Gasteiger partial charge in [-0.15, -0.1) is 0 Å². The van der Waals surface area contributed by atoms with Crippen molar-refractivity contribution in [3.8, 4) is 0 Å². The van der Waals surface area contributed by atoms with Gasteiger partial charge in [0, 0.05) is 19.6 Å². The summed E-state index contributed by atoms with van der Waals surface area (Å²) in [6, 6.07) is 9.56. The van der Waals surface area contributed by atoms with E-state index in [4.69, 9.17) is 4.74 Å². The maximum absolute atomic E-state index is 12.3. The molecule has 6 nitrogen and oxygen atoms in total. The third-order valence-corrected chi connectivity index (χ3v) is 4.72. The number of piperidine rings is 1. The van der Waals surface area contributed by atoms with Gasteiger partial charge in [-0.3, -0.25) is 9.69 Å². The van der Waals surface area contributed by atoms with Gasteiger partial charge in [-0.05, 0) is 37.4 Å². The van der Waals surface area contributed by atoms with E-state index >= 15 is 0 Å². The molecule has 0 spiro atoms. The van der Waals surface area contributed by atoms with Crippen LogP contribution in [0.15, 0.2) is 30.3 Å². The lowest BCUT2D eigenvalue weighted by Gasteiger charge is -2.36. The van der Waals surface area contributed by atoms with Crippen LogP contribution in [0.4, 0.5) is 4.79 Å². The summed E-state index contributed by atoms with van der Waals surface area (Å²) in [7, 11) is 0. The van der Waals surface area contributed by atoms with E-state index < -0.39 is 6.09 Å². The fraction of sp³-hybridized carbons (Fsp3) is 0.556. The number of hydrogen-bond acceptors (Lipinski definition) is 4. The van der Waals surface area contributed by atoms with Crippen molar-refractivity contribution in [3.05, 3.63) is 35.9 Å². The van der Waals surface area contributed by atoms with Gasteiger partial charge >= 0.3 is 6.09 Å². The van der Waals surface area contributed by atoms with E-state index in [0.29, 0.717) is 19.0 Å². The average Bonchev–Trinajstić information content (AvgIpc) is 2.63. The summed E-state index contributed by atoms with van der Waals surface area (Å²) in [6.07, 6.45) is 1.83. The van der Waals surface area contributed by atoms with Crippen LogP contribution in [0.1, 0.15) is 18.4 Å². The molecule has 2 amide bonds. The minimum Gasteiger partial charge on any atom is -0.445 e. The van der Waals surface area contributed by atoms with Crippen LogP contribution >= 0.6 is 0 Å². The minimum atomic E-state index is -0.409. The molecule has 0 saturated carbocycles. The van der Waals surface area contributed by atoms with Crippen LogP contribution in [0.25, 0.3) is 0 Å². The zero-order valence-corrected chi connectivity index (χ0v) is 13.9. The predicted octanol–water partition coefficient (Wildman–Crippen LogP) is 1.47. The molecule has 2 aliphatic heterocycles. The van der Waals surface area contributed by atoms with Gasteiger partial charge in [0.1, 0.15) is 13.2 Å². The number of piperazine rings is 1. The van der Waals surface area contributed by atoms with Crippen molar-refractivity contribution in [1.29, 1.82) is 0 Å². The third kappa shape index (κ3) is 4.47. The number of carbonyl (C=O) groups excluding carboxylic acids is 2. The number of benzene rings is 1. The zero-order chi connectivity index (χ0) is 16.8. The molecule has 0 unspecified atom stereocenters. The van der Waals surface area contributed by atoms with E-state index in [0.717, 1.165) is 38.0 Å². The fourth-order valence-electron chi connectivity index (χ4n) is 3.24. The average molecular weight is 331 g/mol. The lowest BCUT2D eigenvalue weighted by molar-refractivity contribution is -0.136. The van der Waals surface area contributed by atoms with Crippen molar-refractivity contribution in [1.82, 2.24) is 15.1 Å². The standard InChI is InChI=1S/C18H25N3O3/c22-17-13-21(18(23)24-14-16-4-2-1-3-5-16)11-10-20(17)12-15-6-8-19-9-7-15/h1-5,15,19H,6-14H2. The van der Waals surface area contributed by atoms with Crippen molar-refractivity contribution in [2.75, 3.05) is 39.3 Å². The second-order valence-electron chi connectivity index (χ2n) is 6.49. The summed E-state index contributed by atoms with van der Waals surface area (Å²) in [5.74, 6) is 0.600. The molecule has 0 aromatic heterocycles. The third-order valence-electron chi connectivity index (χ3n) is 4.72. The molecule has 2 fully saturated rings. The molecule has 0 atom stereocenters. The van der Waals surface area contributed by atoms with E-state index in [1.165, 1.54) is 4.90 Å². The van der Waals surface area contributed by atoms with Crippen LogP contribution < -0.4 is 5.32 Å². The molecule has 0 radical (unpaired) electrons. The molecule has 2 heterocycles. The van der Waals surface area contributed by atoms with Crippen molar-refractivity contribution in [2.24, 2.45) is 5.92 Å². The minimum absolute atomic E-state index is 0.0245. The van der Waals surface area contributed by atoms with Crippen LogP contribution in [-0.2, 0) is 16.1 Å². The van der Waals surface area contributed by atoms with Crippen LogP contribution in [0.2, 0.25) is 0 Å². The molecule has 2 aliphatic rings. The van der Waals surface area contributed by atoms with Crippen molar-refractivity contribution in [3.63, 3.8) is 0 Å². The van der Waals surface area contributed by atoms with E-state index in [2.05, 4.69) is 5.32 Å². The quantitative estimate of drug-likeness (QED) is 0.907. The Morgan fingerprint density at radius 3 is 2.62 bits per heavy atom. The van der Waals surface area contributed by atoms with Crippen LogP contribution in [-0.4, -0.2) is 61.1 Å². The number of ether oxygens (including phenoxy) is 1. The topological polar surface area (TPSA) is 61.9 Å². The first-order valence-corrected chi connectivity index (χ1v) is 8.66. The van der Waals surface area contributed by atoms with E-state index in [1.807, 2.05) is 35.2 Å². The summed E-state index contributed by atoms with van der Waals surface area (Å²) in [5.41, 5.74) is 0.946. The number of carbonyl (C=O) groups is 2. The maximum atomic E-state index is 12.3. The molecule has 130 valence electrons. The number of nitrogens with one attached hydrogen (secondary N) is 1. The van der Waals surface area contributed by atoms with Gasteiger partial charge in [-0.2, -0.15) is 0 Å². The highest BCUT2D eigenvalue weighted by Crippen LogP contribution is 2.16. The second kappa shape index (κ2) is 8.15. The fourth-order valence-corrected chi connectivity index (χ4v) is 3.24. The Bertz CT molecular complexity index is 558. The summed E-state index contributed by atoms with van der Waals surface area (Å²) in [5, 5.41) is 3.34. The first-order chi connectivity index (χ1) is 11.7. The molecule has 24 heavy (non-hydrogen) atoms. The van der Waals surface area contributed by atoms with E-state index in [9.17, 15) is 9.59 Å². The van der Waals surface area contributed by atoms with Gasteiger partial charge in [0.15, 0.2) is 0 Å². The Morgan fingerprint density at radius 2 is 1.92 bits per heavy atom. The highest BCUT2D eigenvalue weighted by molar-refractivity contribution is 5.83. The van der Waals surface area contributed by atoms with Crippen molar-refractivity contribution < 1.29 is 14.3 Å². The van der Waals surface area contributed by atoms with Gasteiger partial charge in [-0.1, -0.05) is 30.3 Å². The number of hydrogen-bond donors (Lipinski definition) is 1. The highest BCUT2D eigenvalue weighted by atomic mass is 16.6. The van der Waals surface area contributed by atoms with Gasteiger partial charge in [0.25, 0.3) is 0 Å². The largest absolute Gasteiger partial charge is 0.445 e. The zero-order valence-electron chi connectivity index (χ0n) is 13.9. The Labute approximate surface area is 142 Å². The Kier molecular flexibility index (Phi) is 5.69. The normalized spacial score (nSPS) is 19.4. The second-order valence-corrected chi connectivity index (χ2v) is 6.49. The molecule has 0 aliphatic carbocycles. The van der Waals surface area contributed by atoms with Gasteiger partial charge in [0.2, 0.25) is 5.91 Å². The number of amides is 2. The van der Waals surface area contributed by atoms with Crippen LogP contribution in [0.5, 0.6) is 0 Å².